The van der Waals surface area contributed by atoms with Crippen LogP contribution in [-0.4, -0.2) is 20.6 Å². The highest BCUT2D eigenvalue weighted by atomic mass is 35.5. The zero-order valence-corrected chi connectivity index (χ0v) is 17.5. The van der Waals surface area contributed by atoms with E-state index in [2.05, 4.69) is 10.1 Å². The van der Waals surface area contributed by atoms with E-state index in [1.54, 1.807) is 18.2 Å². The SMILES string of the molecule is CC(=O)Oc1c(C)cc(/C=c2\sc3nc(-c4cccc(Cl)c4)nn3c2=O)cc1C. The summed E-state index contributed by atoms with van der Waals surface area (Å²) in [5, 5.41) is 4.92. The lowest BCUT2D eigenvalue weighted by Gasteiger charge is -2.10. The molecule has 8 heteroatoms. The summed E-state index contributed by atoms with van der Waals surface area (Å²) in [6.07, 6.45) is 1.79. The van der Waals surface area contributed by atoms with Crippen LogP contribution in [0.2, 0.25) is 5.02 Å². The molecule has 4 rings (SSSR count). The van der Waals surface area contributed by atoms with Gasteiger partial charge >= 0.3 is 5.97 Å². The molecule has 0 fully saturated rings. The fraction of sp³-hybridized carbons (Fsp3) is 0.143. The second kappa shape index (κ2) is 7.42. The van der Waals surface area contributed by atoms with E-state index in [0.29, 0.717) is 26.1 Å². The number of carbonyl (C=O) groups excluding carboxylic acids is 1. The van der Waals surface area contributed by atoms with E-state index in [4.69, 9.17) is 16.3 Å². The summed E-state index contributed by atoms with van der Waals surface area (Å²) in [5.74, 6) is 0.640. The van der Waals surface area contributed by atoms with Gasteiger partial charge < -0.3 is 4.74 Å². The molecule has 0 bridgehead atoms. The van der Waals surface area contributed by atoms with Crippen molar-refractivity contribution in [3.8, 4) is 17.1 Å². The van der Waals surface area contributed by atoms with Crippen LogP contribution in [0.4, 0.5) is 0 Å². The summed E-state index contributed by atoms with van der Waals surface area (Å²) < 4.78 is 7.09. The molecule has 0 amide bonds. The van der Waals surface area contributed by atoms with Gasteiger partial charge in [-0.3, -0.25) is 9.59 Å². The first-order valence-corrected chi connectivity index (χ1v) is 9.98. The number of halogens is 1. The van der Waals surface area contributed by atoms with Gasteiger partial charge in [0, 0.05) is 17.5 Å². The molecule has 0 N–H and O–H groups in total. The Morgan fingerprint density at radius 3 is 2.55 bits per heavy atom. The molecule has 0 aliphatic heterocycles. The van der Waals surface area contributed by atoms with Crippen LogP contribution in [0, 0.1) is 13.8 Å². The lowest BCUT2D eigenvalue weighted by Crippen LogP contribution is -2.23. The molecule has 0 atom stereocenters. The number of carbonyl (C=O) groups is 1. The van der Waals surface area contributed by atoms with Crippen molar-refractivity contribution in [3.05, 3.63) is 73.0 Å². The number of hydrogen-bond acceptors (Lipinski definition) is 6. The predicted molar refractivity (Wildman–Crippen MR) is 114 cm³/mol. The maximum absolute atomic E-state index is 12.8. The number of hydrogen-bond donors (Lipinski definition) is 0. The molecule has 6 nitrogen and oxygen atoms in total. The van der Waals surface area contributed by atoms with E-state index < -0.39 is 0 Å². The van der Waals surface area contributed by atoms with Crippen molar-refractivity contribution in [3.63, 3.8) is 0 Å². The highest BCUT2D eigenvalue weighted by Crippen LogP contribution is 2.25. The smallest absolute Gasteiger partial charge is 0.308 e. The van der Waals surface area contributed by atoms with Gasteiger partial charge in [0.05, 0.1) is 4.53 Å². The number of benzene rings is 2. The second-order valence-corrected chi connectivity index (χ2v) is 8.08. The van der Waals surface area contributed by atoms with Crippen molar-refractivity contribution in [2.24, 2.45) is 0 Å². The summed E-state index contributed by atoms with van der Waals surface area (Å²) in [5.41, 5.74) is 3.01. The summed E-state index contributed by atoms with van der Waals surface area (Å²) in [7, 11) is 0. The molecule has 146 valence electrons. The van der Waals surface area contributed by atoms with Crippen molar-refractivity contribution in [2.45, 2.75) is 20.8 Å². The number of aryl methyl sites for hydroxylation is 2. The van der Waals surface area contributed by atoms with Crippen molar-refractivity contribution in [1.82, 2.24) is 14.6 Å². The summed E-state index contributed by atoms with van der Waals surface area (Å²) in [4.78, 5) is 29.0. The third kappa shape index (κ3) is 3.79. The van der Waals surface area contributed by atoms with Gasteiger partial charge in [0.25, 0.3) is 5.56 Å². The molecule has 2 aromatic heterocycles. The van der Waals surface area contributed by atoms with E-state index in [1.165, 1.54) is 22.8 Å². The Labute approximate surface area is 175 Å². The number of thiazole rings is 1. The number of ether oxygens (including phenoxy) is 1. The molecule has 0 unspecified atom stereocenters. The van der Waals surface area contributed by atoms with Gasteiger partial charge in [-0.2, -0.15) is 9.50 Å². The highest BCUT2D eigenvalue weighted by Gasteiger charge is 2.13. The van der Waals surface area contributed by atoms with Gasteiger partial charge in [0.2, 0.25) is 4.96 Å². The molecule has 29 heavy (non-hydrogen) atoms. The van der Waals surface area contributed by atoms with Crippen molar-refractivity contribution >= 4 is 39.9 Å². The molecule has 0 saturated heterocycles. The van der Waals surface area contributed by atoms with Crippen LogP contribution in [0.1, 0.15) is 23.6 Å². The molecular weight excluding hydrogens is 410 g/mol. The highest BCUT2D eigenvalue weighted by molar-refractivity contribution is 7.15. The Hall–Kier alpha value is -3.03. The molecule has 0 aliphatic carbocycles. The van der Waals surface area contributed by atoms with Crippen molar-refractivity contribution in [2.75, 3.05) is 0 Å². The normalized spacial score (nSPS) is 11.9. The van der Waals surface area contributed by atoms with Gasteiger partial charge in [-0.1, -0.05) is 35.1 Å². The number of nitrogens with zero attached hydrogens (tertiary/aromatic N) is 3. The first-order valence-electron chi connectivity index (χ1n) is 8.79. The minimum absolute atomic E-state index is 0.231. The van der Waals surface area contributed by atoms with Gasteiger partial charge in [-0.15, -0.1) is 5.10 Å². The maximum atomic E-state index is 12.8. The third-order valence-electron chi connectivity index (χ3n) is 4.29. The maximum Gasteiger partial charge on any atom is 0.308 e. The topological polar surface area (TPSA) is 73.6 Å². The Balaban J connectivity index is 1.76. The standard InChI is InChI=1S/C21H16ClN3O3S/c1-11-7-14(8-12(2)18(11)28-13(3)26)9-17-20(27)25-21(29-17)23-19(24-25)15-5-4-6-16(22)10-15/h4-10H,1-3H3/b17-9-. The van der Waals surface area contributed by atoms with Crippen LogP contribution in [0.5, 0.6) is 5.75 Å². The monoisotopic (exact) mass is 425 g/mol. The molecule has 2 aromatic carbocycles. The zero-order valence-electron chi connectivity index (χ0n) is 15.9. The van der Waals surface area contributed by atoms with Crippen LogP contribution in [0.25, 0.3) is 22.4 Å². The molecular formula is C21H16ClN3O3S. The van der Waals surface area contributed by atoms with Crippen LogP contribution < -0.4 is 14.8 Å². The predicted octanol–water partition coefficient (Wildman–Crippen LogP) is 3.56. The van der Waals surface area contributed by atoms with E-state index in [0.717, 1.165) is 22.3 Å². The van der Waals surface area contributed by atoms with Crippen LogP contribution in [-0.2, 0) is 4.79 Å². The first-order chi connectivity index (χ1) is 13.8. The number of fused-ring (bicyclic) bond motifs is 1. The molecule has 0 aliphatic rings. The van der Waals surface area contributed by atoms with E-state index in [9.17, 15) is 9.59 Å². The van der Waals surface area contributed by atoms with E-state index in [1.807, 2.05) is 38.1 Å². The average molecular weight is 426 g/mol. The van der Waals surface area contributed by atoms with Crippen LogP contribution >= 0.6 is 22.9 Å². The lowest BCUT2D eigenvalue weighted by atomic mass is 10.1. The van der Waals surface area contributed by atoms with Crippen molar-refractivity contribution in [1.29, 1.82) is 0 Å². The molecule has 0 radical (unpaired) electrons. The molecule has 4 aromatic rings. The summed E-state index contributed by atoms with van der Waals surface area (Å²) >= 11 is 7.29. The van der Waals surface area contributed by atoms with Gasteiger partial charge in [-0.25, -0.2) is 0 Å². The Kier molecular flexibility index (Phi) is 4.94. The van der Waals surface area contributed by atoms with Gasteiger partial charge in [0.15, 0.2) is 5.82 Å². The number of aromatic nitrogens is 3. The first kappa shape index (κ1) is 19.3. The Morgan fingerprint density at radius 2 is 1.93 bits per heavy atom. The summed E-state index contributed by atoms with van der Waals surface area (Å²) in [6, 6.07) is 10.9. The molecule has 0 saturated carbocycles. The third-order valence-corrected chi connectivity index (χ3v) is 5.49. The van der Waals surface area contributed by atoms with Crippen LogP contribution in [0.15, 0.2) is 41.2 Å². The number of esters is 1. The lowest BCUT2D eigenvalue weighted by molar-refractivity contribution is -0.131. The van der Waals surface area contributed by atoms with Gasteiger partial charge in [0.1, 0.15) is 5.75 Å². The Bertz CT molecular complexity index is 1350. The zero-order chi connectivity index (χ0) is 20.7. The van der Waals surface area contributed by atoms with E-state index in [-0.39, 0.29) is 11.5 Å². The number of rotatable bonds is 3. The Morgan fingerprint density at radius 1 is 1.21 bits per heavy atom. The fourth-order valence-corrected chi connectivity index (χ4v) is 4.20. The summed E-state index contributed by atoms with van der Waals surface area (Å²) in [6.45, 7) is 5.09. The molecule has 0 spiro atoms. The second-order valence-electron chi connectivity index (χ2n) is 6.63. The average Bonchev–Trinajstić information content (AvgIpc) is 3.18. The van der Waals surface area contributed by atoms with E-state index >= 15 is 0 Å². The minimum atomic E-state index is -0.365. The largest absolute Gasteiger partial charge is 0.426 e. The fourth-order valence-electron chi connectivity index (χ4n) is 3.11. The quantitative estimate of drug-likeness (QED) is 0.370. The van der Waals surface area contributed by atoms with Crippen LogP contribution in [0.3, 0.4) is 0 Å². The molecule has 2 heterocycles. The minimum Gasteiger partial charge on any atom is -0.426 e. The van der Waals surface area contributed by atoms with Gasteiger partial charge in [-0.05, 0) is 60.9 Å². The van der Waals surface area contributed by atoms with Crippen molar-refractivity contribution < 1.29 is 9.53 Å².